The van der Waals surface area contributed by atoms with E-state index in [0.717, 1.165) is 12.3 Å². The molecule has 144 valence electrons. The molecule has 1 amide bonds. The third-order valence-electron chi connectivity index (χ3n) is 4.41. The number of ether oxygens (including phenoxy) is 1. The van der Waals surface area contributed by atoms with Crippen molar-refractivity contribution in [2.45, 2.75) is 43.9 Å². The van der Waals surface area contributed by atoms with Gasteiger partial charge in [-0.3, -0.25) is 4.79 Å². The molecule has 1 saturated carbocycles. The van der Waals surface area contributed by atoms with E-state index in [4.69, 9.17) is 16.2 Å². The van der Waals surface area contributed by atoms with E-state index in [1.54, 1.807) is 0 Å². The van der Waals surface area contributed by atoms with E-state index < -0.39 is 17.6 Å². The number of carbonyl (C=O) groups excluding carboxylic acids is 1. The molecule has 0 unspecified atom stereocenters. The van der Waals surface area contributed by atoms with Crippen molar-refractivity contribution in [3.8, 4) is 5.88 Å². The molecule has 4 N–H and O–H groups in total. The molecular weight excluding hydrogens is 363 g/mol. The lowest BCUT2D eigenvalue weighted by atomic mass is 9.86. The number of nitrogens with two attached hydrogens (primary N) is 2. The Labute approximate surface area is 153 Å². The van der Waals surface area contributed by atoms with Crippen molar-refractivity contribution in [2.24, 2.45) is 5.73 Å². The summed E-state index contributed by atoms with van der Waals surface area (Å²) in [6.45, 7) is 0. The average Bonchev–Trinajstić information content (AvgIpc) is 2.61. The van der Waals surface area contributed by atoms with Gasteiger partial charge in [0.25, 0.3) is 5.91 Å². The minimum Gasteiger partial charge on any atom is -0.474 e. The fourth-order valence-electron chi connectivity index (χ4n) is 3.02. The molecule has 2 heterocycles. The van der Waals surface area contributed by atoms with Crippen LogP contribution in [0.4, 0.5) is 19.0 Å². The van der Waals surface area contributed by atoms with Crippen LogP contribution in [-0.4, -0.2) is 27.0 Å². The smallest absolute Gasteiger partial charge is 0.417 e. The van der Waals surface area contributed by atoms with Crippen LogP contribution in [0.15, 0.2) is 24.4 Å². The van der Waals surface area contributed by atoms with Gasteiger partial charge in [0.2, 0.25) is 5.88 Å². The number of alkyl halides is 3. The lowest BCUT2D eigenvalue weighted by molar-refractivity contribution is -0.137. The van der Waals surface area contributed by atoms with Crippen molar-refractivity contribution in [1.29, 1.82) is 0 Å². The molecule has 0 saturated heterocycles. The number of nitrogen functional groups attached to an aromatic ring is 1. The predicted octanol–water partition coefficient (Wildman–Crippen LogP) is 2.68. The van der Waals surface area contributed by atoms with E-state index in [1.165, 1.54) is 12.1 Å². The summed E-state index contributed by atoms with van der Waals surface area (Å²) in [6, 6.07) is 3.49. The van der Waals surface area contributed by atoms with Crippen molar-refractivity contribution in [1.82, 2.24) is 15.0 Å². The molecule has 0 spiro atoms. The Morgan fingerprint density at radius 3 is 2.41 bits per heavy atom. The van der Waals surface area contributed by atoms with E-state index in [1.807, 2.05) is 0 Å². The van der Waals surface area contributed by atoms with E-state index in [2.05, 4.69) is 15.0 Å². The van der Waals surface area contributed by atoms with Crippen molar-refractivity contribution < 1.29 is 22.7 Å². The highest BCUT2D eigenvalue weighted by atomic mass is 19.4. The van der Waals surface area contributed by atoms with Crippen LogP contribution in [0.3, 0.4) is 0 Å². The normalized spacial score (nSPS) is 20.3. The quantitative estimate of drug-likeness (QED) is 0.841. The van der Waals surface area contributed by atoms with Crippen LogP contribution in [-0.2, 0) is 6.18 Å². The van der Waals surface area contributed by atoms with Gasteiger partial charge in [-0.25, -0.2) is 15.0 Å². The summed E-state index contributed by atoms with van der Waals surface area (Å²) in [4.78, 5) is 23.4. The lowest BCUT2D eigenvalue weighted by Gasteiger charge is -2.28. The van der Waals surface area contributed by atoms with Crippen molar-refractivity contribution >= 4 is 11.7 Å². The first-order chi connectivity index (χ1) is 12.7. The summed E-state index contributed by atoms with van der Waals surface area (Å²) in [5.41, 5.74) is 10.2. The number of halogens is 3. The van der Waals surface area contributed by atoms with E-state index >= 15 is 0 Å². The molecule has 3 rings (SSSR count). The molecule has 1 aliphatic rings. The monoisotopic (exact) mass is 381 g/mol. The molecule has 2 aromatic rings. The molecule has 1 fully saturated rings. The highest BCUT2D eigenvalue weighted by molar-refractivity contribution is 5.91. The first kappa shape index (κ1) is 18.9. The van der Waals surface area contributed by atoms with Crippen molar-refractivity contribution in [3.63, 3.8) is 0 Å². The Hall–Kier alpha value is -2.91. The van der Waals surface area contributed by atoms with Crippen molar-refractivity contribution in [3.05, 3.63) is 41.5 Å². The average molecular weight is 381 g/mol. The Morgan fingerprint density at radius 1 is 1.15 bits per heavy atom. The maximum Gasteiger partial charge on any atom is 0.417 e. The number of hydrogen-bond donors (Lipinski definition) is 2. The third-order valence-corrected chi connectivity index (χ3v) is 4.41. The molecule has 27 heavy (non-hydrogen) atoms. The van der Waals surface area contributed by atoms with Gasteiger partial charge in [0.15, 0.2) is 0 Å². The van der Waals surface area contributed by atoms with Crippen LogP contribution in [0.25, 0.3) is 0 Å². The van der Waals surface area contributed by atoms with Gasteiger partial charge in [-0.2, -0.15) is 13.2 Å². The number of amides is 1. The fraction of sp³-hybridized carbons (Fsp3) is 0.412. The van der Waals surface area contributed by atoms with Crippen LogP contribution in [0.1, 0.15) is 53.5 Å². The number of carbonyl (C=O) groups is 1. The second-order valence-corrected chi connectivity index (χ2v) is 6.37. The Kier molecular flexibility index (Phi) is 5.15. The van der Waals surface area contributed by atoms with Crippen LogP contribution >= 0.6 is 0 Å². The second kappa shape index (κ2) is 7.37. The molecule has 7 nitrogen and oxygen atoms in total. The second-order valence-electron chi connectivity index (χ2n) is 6.37. The number of rotatable bonds is 4. The van der Waals surface area contributed by atoms with Gasteiger partial charge >= 0.3 is 6.18 Å². The lowest BCUT2D eigenvalue weighted by Crippen LogP contribution is -2.25. The fourth-order valence-corrected chi connectivity index (χ4v) is 3.02. The molecule has 0 bridgehead atoms. The van der Waals surface area contributed by atoms with Gasteiger partial charge in [-0.1, -0.05) is 0 Å². The van der Waals surface area contributed by atoms with E-state index in [0.29, 0.717) is 31.5 Å². The van der Waals surface area contributed by atoms with Crippen molar-refractivity contribution in [2.75, 3.05) is 5.73 Å². The molecule has 0 atom stereocenters. The van der Waals surface area contributed by atoms with Gasteiger partial charge in [-0.15, -0.1) is 0 Å². The SMILES string of the molecule is NC(=O)c1cc(N)nc(C2CCC(Oc3ccc(C(F)(F)F)cn3)CC2)n1. The van der Waals surface area contributed by atoms with Gasteiger partial charge in [0.1, 0.15) is 23.4 Å². The van der Waals surface area contributed by atoms with Crippen LogP contribution < -0.4 is 16.2 Å². The summed E-state index contributed by atoms with van der Waals surface area (Å²) in [6.07, 6.45) is -1.16. The Bertz CT molecular complexity index is 818. The molecular formula is C17H18F3N5O2. The first-order valence-corrected chi connectivity index (χ1v) is 8.36. The van der Waals surface area contributed by atoms with Crippen LogP contribution in [0, 0.1) is 0 Å². The van der Waals surface area contributed by atoms with Gasteiger partial charge in [0.05, 0.1) is 5.56 Å². The molecule has 0 aromatic carbocycles. The number of nitrogens with zero attached hydrogens (tertiary/aromatic N) is 3. The summed E-state index contributed by atoms with van der Waals surface area (Å²) in [5.74, 6) is 0.140. The molecule has 0 aliphatic heterocycles. The molecule has 1 aliphatic carbocycles. The summed E-state index contributed by atoms with van der Waals surface area (Å²) >= 11 is 0. The number of anilines is 1. The van der Waals surface area contributed by atoms with Crippen LogP contribution in [0.5, 0.6) is 5.88 Å². The molecule has 10 heteroatoms. The molecule has 0 radical (unpaired) electrons. The molecule has 2 aromatic heterocycles. The van der Waals surface area contributed by atoms with Gasteiger partial charge in [0, 0.05) is 24.2 Å². The zero-order valence-electron chi connectivity index (χ0n) is 14.2. The number of pyridine rings is 1. The minimum atomic E-state index is -4.43. The van der Waals surface area contributed by atoms with Crippen LogP contribution in [0.2, 0.25) is 0 Å². The minimum absolute atomic E-state index is 0.00649. The zero-order chi connectivity index (χ0) is 19.6. The van der Waals surface area contributed by atoms with E-state index in [-0.39, 0.29) is 29.4 Å². The van der Waals surface area contributed by atoms with E-state index in [9.17, 15) is 18.0 Å². The first-order valence-electron chi connectivity index (χ1n) is 8.36. The number of hydrogen-bond acceptors (Lipinski definition) is 6. The number of primary amides is 1. The topological polar surface area (TPSA) is 117 Å². The predicted molar refractivity (Wildman–Crippen MR) is 89.8 cm³/mol. The zero-order valence-corrected chi connectivity index (χ0v) is 14.2. The van der Waals surface area contributed by atoms with Gasteiger partial charge in [-0.05, 0) is 31.7 Å². The standard InChI is InChI=1S/C17H18F3N5O2/c18-17(19,20)10-3-6-14(23-8-10)27-11-4-1-9(2-5-11)16-24-12(15(22)26)7-13(21)25-16/h3,6-9,11H,1-2,4-5H2,(H2,22,26)(H2,21,24,25). The third kappa shape index (κ3) is 4.63. The summed E-state index contributed by atoms with van der Waals surface area (Å²) < 4.78 is 43.4. The number of aromatic nitrogens is 3. The maximum atomic E-state index is 12.6. The maximum absolute atomic E-state index is 12.6. The largest absolute Gasteiger partial charge is 0.474 e. The highest BCUT2D eigenvalue weighted by Gasteiger charge is 2.31. The Balaban J connectivity index is 1.60. The highest BCUT2D eigenvalue weighted by Crippen LogP contribution is 2.34. The summed E-state index contributed by atoms with van der Waals surface area (Å²) in [5, 5.41) is 0. The Morgan fingerprint density at radius 2 is 1.85 bits per heavy atom. The van der Waals surface area contributed by atoms with Gasteiger partial charge < -0.3 is 16.2 Å². The summed E-state index contributed by atoms with van der Waals surface area (Å²) in [7, 11) is 0.